The highest BCUT2D eigenvalue weighted by atomic mass is 16.5. The van der Waals surface area contributed by atoms with Crippen LogP contribution in [0, 0.1) is 17.8 Å². The van der Waals surface area contributed by atoms with Crippen LogP contribution in [0.3, 0.4) is 0 Å². The van der Waals surface area contributed by atoms with Gasteiger partial charge in [-0.2, -0.15) is 4.98 Å². The Labute approximate surface area is 109 Å². The van der Waals surface area contributed by atoms with Crippen LogP contribution in [-0.4, -0.2) is 23.6 Å². The second kappa shape index (κ2) is 6.42. The summed E-state index contributed by atoms with van der Waals surface area (Å²) in [5.74, 6) is 2.86. The van der Waals surface area contributed by atoms with E-state index in [2.05, 4.69) is 43.0 Å². The van der Waals surface area contributed by atoms with Gasteiger partial charge in [0.25, 0.3) is 0 Å². The molecule has 0 aromatic carbocycles. The maximum atomic E-state index is 5.92. The molecule has 0 aliphatic heterocycles. The van der Waals surface area contributed by atoms with E-state index in [1.807, 2.05) is 0 Å². The molecule has 18 heavy (non-hydrogen) atoms. The smallest absolute Gasteiger partial charge is 0.242 e. The van der Waals surface area contributed by atoms with Crippen molar-refractivity contribution in [2.24, 2.45) is 17.8 Å². The van der Waals surface area contributed by atoms with Gasteiger partial charge in [-0.1, -0.05) is 27.7 Å². The van der Waals surface area contributed by atoms with Gasteiger partial charge in [0.05, 0.1) is 7.11 Å². The van der Waals surface area contributed by atoms with Gasteiger partial charge < -0.3 is 15.8 Å². The SMILES string of the molecule is COc1ncnc(NCC(C(C)C)C(C)C)c1N. The minimum atomic E-state index is 0.415. The van der Waals surface area contributed by atoms with Crippen molar-refractivity contribution in [2.75, 3.05) is 24.7 Å². The summed E-state index contributed by atoms with van der Waals surface area (Å²) in [7, 11) is 1.55. The molecule has 0 aliphatic carbocycles. The molecule has 0 bridgehead atoms. The first-order valence-corrected chi connectivity index (χ1v) is 6.35. The van der Waals surface area contributed by atoms with Gasteiger partial charge in [0.2, 0.25) is 5.88 Å². The van der Waals surface area contributed by atoms with Crippen LogP contribution in [0.15, 0.2) is 6.33 Å². The number of methoxy groups -OCH3 is 1. The fourth-order valence-corrected chi connectivity index (χ4v) is 2.14. The maximum absolute atomic E-state index is 5.92. The Morgan fingerprint density at radius 2 is 1.83 bits per heavy atom. The highest BCUT2D eigenvalue weighted by Gasteiger charge is 2.18. The molecule has 0 saturated carbocycles. The summed E-state index contributed by atoms with van der Waals surface area (Å²) in [6, 6.07) is 0. The van der Waals surface area contributed by atoms with Crippen LogP contribution in [-0.2, 0) is 0 Å². The van der Waals surface area contributed by atoms with Crippen LogP contribution in [0.2, 0.25) is 0 Å². The zero-order valence-electron chi connectivity index (χ0n) is 11.9. The number of nitrogens with zero attached hydrogens (tertiary/aromatic N) is 2. The third-order valence-electron chi connectivity index (χ3n) is 3.26. The number of rotatable bonds is 6. The Balaban J connectivity index is 2.73. The first-order valence-electron chi connectivity index (χ1n) is 6.35. The molecule has 3 N–H and O–H groups in total. The summed E-state index contributed by atoms with van der Waals surface area (Å²) in [5.41, 5.74) is 6.38. The number of aromatic nitrogens is 2. The molecular weight excluding hydrogens is 228 g/mol. The molecule has 0 aliphatic rings. The fourth-order valence-electron chi connectivity index (χ4n) is 2.14. The molecule has 1 aromatic heterocycles. The lowest BCUT2D eigenvalue weighted by molar-refractivity contribution is 0.304. The van der Waals surface area contributed by atoms with Crippen LogP contribution >= 0.6 is 0 Å². The summed E-state index contributed by atoms with van der Waals surface area (Å²) in [5, 5.41) is 3.29. The average molecular weight is 252 g/mol. The Bertz CT molecular complexity index is 371. The Hall–Kier alpha value is -1.52. The first kappa shape index (κ1) is 14.5. The van der Waals surface area contributed by atoms with E-state index in [1.54, 1.807) is 7.11 Å². The predicted octanol–water partition coefficient (Wildman–Crippen LogP) is 2.41. The lowest BCUT2D eigenvalue weighted by Crippen LogP contribution is -2.25. The summed E-state index contributed by atoms with van der Waals surface area (Å²) >= 11 is 0. The molecule has 0 spiro atoms. The van der Waals surface area contributed by atoms with Crippen LogP contribution in [0.1, 0.15) is 27.7 Å². The van der Waals surface area contributed by atoms with Crippen LogP contribution in [0.25, 0.3) is 0 Å². The normalized spacial score (nSPS) is 11.3. The van der Waals surface area contributed by atoms with Gasteiger partial charge in [0, 0.05) is 6.54 Å². The minimum absolute atomic E-state index is 0.415. The molecular formula is C13H24N4O. The van der Waals surface area contributed by atoms with Crippen molar-refractivity contribution < 1.29 is 4.74 Å². The summed E-state index contributed by atoms with van der Waals surface area (Å²) in [4.78, 5) is 8.11. The Kier molecular flexibility index (Phi) is 5.19. The minimum Gasteiger partial charge on any atom is -0.479 e. The van der Waals surface area contributed by atoms with E-state index in [9.17, 15) is 0 Å². The van der Waals surface area contributed by atoms with Crippen molar-refractivity contribution in [1.82, 2.24) is 9.97 Å². The first-order chi connectivity index (χ1) is 8.47. The van der Waals surface area contributed by atoms with Crippen molar-refractivity contribution in [1.29, 1.82) is 0 Å². The summed E-state index contributed by atoms with van der Waals surface area (Å²) < 4.78 is 5.07. The van der Waals surface area contributed by atoms with Crippen molar-refractivity contribution in [3.63, 3.8) is 0 Å². The topological polar surface area (TPSA) is 73.1 Å². The van der Waals surface area contributed by atoms with Crippen LogP contribution in [0.5, 0.6) is 5.88 Å². The Morgan fingerprint density at radius 1 is 1.22 bits per heavy atom. The molecule has 5 heteroatoms. The second-order valence-electron chi connectivity index (χ2n) is 5.18. The van der Waals surface area contributed by atoms with Gasteiger partial charge in [0.1, 0.15) is 12.0 Å². The molecule has 1 heterocycles. The zero-order valence-corrected chi connectivity index (χ0v) is 11.9. The molecule has 0 unspecified atom stereocenters. The maximum Gasteiger partial charge on any atom is 0.242 e. The summed E-state index contributed by atoms with van der Waals surface area (Å²) in [6.45, 7) is 9.78. The highest BCUT2D eigenvalue weighted by molar-refractivity contribution is 5.66. The third kappa shape index (κ3) is 3.48. The van der Waals surface area contributed by atoms with Crippen LogP contribution in [0.4, 0.5) is 11.5 Å². The van der Waals surface area contributed by atoms with Crippen LogP contribution < -0.4 is 15.8 Å². The van der Waals surface area contributed by atoms with Crippen molar-refractivity contribution in [3.8, 4) is 5.88 Å². The molecule has 0 radical (unpaired) electrons. The van der Waals surface area contributed by atoms with E-state index in [1.165, 1.54) is 6.33 Å². The molecule has 0 atom stereocenters. The van der Waals surface area contributed by atoms with Gasteiger partial charge >= 0.3 is 0 Å². The number of nitrogens with one attached hydrogen (secondary N) is 1. The summed E-state index contributed by atoms with van der Waals surface area (Å²) in [6.07, 6.45) is 1.46. The van der Waals surface area contributed by atoms with E-state index in [0.717, 1.165) is 6.54 Å². The molecule has 1 rings (SSSR count). The third-order valence-corrected chi connectivity index (χ3v) is 3.26. The van der Waals surface area contributed by atoms with E-state index >= 15 is 0 Å². The molecule has 0 fully saturated rings. The number of nitrogens with two attached hydrogens (primary N) is 1. The van der Waals surface area contributed by atoms with E-state index in [-0.39, 0.29) is 0 Å². The lowest BCUT2D eigenvalue weighted by Gasteiger charge is -2.25. The largest absolute Gasteiger partial charge is 0.479 e. The number of hydrogen-bond donors (Lipinski definition) is 2. The quantitative estimate of drug-likeness (QED) is 0.813. The zero-order chi connectivity index (χ0) is 13.7. The Morgan fingerprint density at radius 3 is 2.33 bits per heavy atom. The van der Waals surface area contributed by atoms with E-state index in [0.29, 0.717) is 35.1 Å². The van der Waals surface area contributed by atoms with Crippen molar-refractivity contribution >= 4 is 11.5 Å². The van der Waals surface area contributed by atoms with Crippen molar-refractivity contribution in [2.45, 2.75) is 27.7 Å². The van der Waals surface area contributed by atoms with Gasteiger partial charge in [-0.05, 0) is 17.8 Å². The van der Waals surface area contributed by atoms with Gasteiger partial charge in [0.15, 0.2) is 5.82 Å². The average Bonchev–Trinajstić information content (AvgIpc) is 2.30. The number of nitrogen functional groups attached to an aromatic ring is 1. The standard InChI is InChI=1S/C13H24N4O/c1-8(2)10(9(3)4)6-15-12-11(14)13(18-5)17-7-16-12/h7-10H,6,14H2,1-5H3,(H,15,16,17). The van der Waals surface area contributed by atoms with Gasteiger partial charge in [-0.25, -0.2) is 4.98 Å². The number of anilines is 2. The number of ether oxygens (including phenoxy) is 1. The highest BCUT2D eigenvalue weighted by Crippen LogP contribution is 2.26. The second-order valence-corrected chi connectivity index (χ2v) is 5.18. The van der Waals surface area contributed by atoms with E-state index in [4.69, 9.17) is 10.5 Å². The molecule has 0 saturated heterocycles. The van der Waals surface area contributed by atoms with E-state index < -0.39 is 0 Å². The van der Waals surface area contributed by atoms with Gasteiger partial charge in [-0.15, -0.1) is 0 Å². The number of hydrogen-bond acceptors (Lipinski definition) is 5. The molecule has 1 aromatic rings. The molecule has 0 amide bonds. The molecule has 102 valence electrons. The predicted molar refractivity (Wildman–Crippen MR) is 74.7 cm³/mol. The van der Waals surface area contributed by atoms with Crippen molar-refractivity contribution in [3.05, 3.63) is 6.33 Å². The molecule has 5 nitrogen and oxygen atoms in total. The monoisotopic (exact) mass is 252 g/mol. The van der Waals surface area contributed by atoms with Gasteiger partial charge in [-0.3, -0.25) is 0 Å². The fraction of sp³-hybridized carbons (Fsp3) is 0.692. The lowest BCUT2D eigenvalue weighted by atomic mass is 9.85.